The molecule has 35 heavy (non-hydrogen) atoms. The lowest BCUT2D eigenvalue weighted by molar-refractivity contribution is -0.210. The molecule has 0 bridgehead atoms. The van der Waals surface area contributed by atoms with E-state index in [9.17, 15) is 23.1 Å². The molecule has 10 nitrogen and oxygen atoms in total. The molecule has 3 aromatic rings. The Balaban J connectivity index is 1.75. The molecule has 3 heterocycles. The third-order valence-electron chi connectivity index (χ3n) is 5.80. The minimum Gasteiger partial charge on any atom is -0.451 e. The first-order valence-corrected chi connectivity index (χ1v) is 11.1. The molecule has 186 valence electrons. The van der Waals surface area contributed by atoms with Crippen molar-refractivity contribution in [2.24, 2.45) is 0 Å². The highest BCUT2D eigenvalue weighted by molar-refractivity contribution is 5.82. The third kappa shape index (κ3) is 4.93. The number of nitrogens with two attached hydrogens (primary N) is 1. The molecule has 0 saturated heterocycles. The Hall–Kier alpha value is -3.66. The van der Waals surface area contributed by atoms with Gasteiger partial charge in [-0.2, -0.15) is 18.3 Å². The van der Waals surface area contributed by atoms with E-state index in [0.717, 1.165) is 18.4 Å². The number of nitrogens with zero attached hydrogens (tertiary/aromatic N) is 6. The van der Waals surface area contributed by atoms with Gasteiger partial charge in [-0.3, -0.25) is 4.68 Å². The molecule has 0 amide bonds. The predicted octanol–water partition coefficient (Wildman–Crippen LogP) is 2.48. The average Bonchev–Trinajstić information content (AvgIpc) is 3.49. The summed E-state index contributed by atoms with van der Waals surface area (Å²) < 4.78 is 46.7. The van der Waals surface area contributed by atoms with Crippen LogP contribution >= 0.6 is 0 Å². The second kappa shape index (κ2) is 9.53. The van der Waals surface area contributed by atoms with E-state index in [4.69, 9.17) is 10.5 Å². The van der Waals surface area contributed by atoms with Crippen molar-refractivity contribution in [2.45, 2.75) is 70.0 Å². The van der Waals surface area contributed by atoms with E-state index in [-0.39, 0.29) is 29.2 Å². The van der Waals surface area contributed by atoms with Crippen molar-refractivity contribution in [1.29, 1.82) is 0 Å². The molecule has 0 radical (unpaired) electrons. The SMILES string of the molecule is CCCCC#Cc1nc(N)c2ncn([C@@H]3C[C@H](n4cc(C)cn4)[C@@H](O)[C@H]3OC(=O)C(F)(F)F)c2n1. The van der Waals surface area contributed by atoms with Gasteiger partial charge < -0.3 is 20.1 Å². The van der Waals surface area contributed by atoms with Crippen LogP contribution in [0.15, 0.2) is 18.7 Å². The number of alkyl halides is 3. The van der Waals surface area contributed by atoms with E-state index < -0.39 is 36.4 Å². The number of nitrogen functional groups attached to an aromatic ring is 1. The Morgan fingerprint density at radius 1 is 1.34 bits per heavy atom. The number of ether oxygens (including phenoxy) is 1. The van der Waals surface area contributed by atoms with Crippen LogP contribution in [0, 0.1) is 18.8 Å². The Kier molecular flexibility index (Phi) is 6.66. The van der Waals surface area contributed by atoms with E-state index in [0.29, 0.717) is 6.42 Å². The lowest BCUT2D eigenvalue weighted by atomic mass is 10.2. The van der Waals surface area contributed by atoms with Gasteiger partial charge in [-0.05, 0) is 31.2 Å². The van der Waals surface area contributed by atoms with Crippen LogP contribution in [0.3, 0.4) is 0 Å². The fraction of sp³-hybridized carbons (Fsp3) is 0.500. The fourth-order valence-corrected chi connectivity index (χ4v) is 4.10. The summed E-state index contributed by atoms with van der Waals surface area (Å²) in [7, 11) is 0. The summed E-state index contributed by atoms with van der Waals surface area (Å²) in [6.45, 7) is 3.83. The Labute approximate surface area is 198 Å². The molecule has 0 aromatic carbocycles. The standard InChI is InChI=1S/C22H24F3N7O3/c1-3-4-5-6-7-15-29-19(26)16-20(30-15)31(11-27-16)14-8-13(32-10-12(2)9-28-32)17(33)18(14)35-21(34)22(23,24)25/h9-11,13-14,17-18,33H,3-5,8H2,1-2H3,(H2,26,29,30)/t13-,14+,17+,18-/m0/s1. The molecule has 1 aliphatic rings. The van der Waals surface area contributed by atoms with Crippen molar-refractivity contribution in [2.75, 3.05) is 5.73 Å². The first-order valence-electron chi connectivity index (χ1n) is 11.1. The van der Waals surface area contributed by atoms with Gasteiger partial charge in [0.25, 0.3) is 0 Å². The van der Waals surface area contributed by atoms with Gasteiger partial charge in [-0.15, -0.1) is 0 Å². The Bertz CT molecular complexity index is 1290. The highest BCUT2D eigenvalue weighted by Gasteiger charge is 2.51. The van der Waals surface area contributed by atoms with Crippen LogP contribution in [0.2, 0.25) is 0 Å². The number of halogens is 3. The van der Waals surface area contributed by atoms with Gasteiger partial charge in [-0.1, -0.05) is 19.3 Å². The predicted molar refractivity (Wildman–Crippen MR) is 118 cm³/mol. The quantitative estimate of drug-likeness (QED) is 0.316. The van der Waals surface area contributed by atoms with Gasteiger partial charge in [0.15, 0.2) is 17.6 Å². The summed E-state index contributed by atoms with van der Waals surface area (Å²) in [6.07, 6.45) is -1.11. The number of hydrogen-bond acceptors (Lipinski definition) is 8. The van der Waals surface area contributed by atoms with E-state index in [1.807, 2.05) is 6.92 Å². The van der Waals surface area contributed by atoms with Gasteiger partial charge in [0.1, 0.15) is 11.6 Å². The summed E-state index contributed by atoms with van der Waals surface area (Å²) in [5.74, 6) is 3.58. The maximum absolute atomic E-state index is 13.0. The number of unbranched alkanes of at least 4 members (excludes halogenated alkanes) is 2. The fourth-order valence-electron chi connectivity index (χ4n) is 4.10. The smallest absolute Gasteiger partial charge is 0.451 e. The lowest BCUT2D eigenvalue weighted by Crippen LogP contribution is -2.39. The summed E-state index contributed by atoms with van der Waals surface area (Å²) >= 11 is 0. The molecule has 0 unspecified atom stereocenters. The first kappa shape index (κ1) is 24.5. The number of imidazole rings is 1. The number of aliphatic hydroxyl groups excluding tert-OH is 1. The van der Waals surface area contributed by atoms with Crippen LogP contribution in [0.4, 0.5) is 19.0 Å². The molecule has 1 fully saturated rings. The van der Waals surface area contributed by atoms with Crippen molar-refractivity contribution in [3.63, 3.8) is 0 Å². The van der Waals surface area contributed by atoms with Crippen molar-refractivity contribution >= 4 is 23.0 Å². The second-order valence-corrected chi connectivity index (χ2v) is 8.39. The molecule has 1 saturated carbocycles. The monoisotopic (exact) mass is 491 g/mol. The molecule has 3 aromatic heterocycles. The second-order valence-electron chi connectivity index (χ2n) is 8.39. The third-order valence-corrected chi connectivity index (χ3v) is 5.80. The van der Waals surface area contributed by atoms with Crippen LogP contribution in [-0.4, -0.2) is 58.8 Å². The zero-order valence-corrected chi connectivity index (χ0v) is 19.0. The number of carbonyl (C=O) groups is 1. The molecule has 0 spiro atoms. The van der Waals surface area contributed by atoms with E-state index in [1.165, 1.54) is 15.6 Å². The van der Waals surface area contributed by atoms with Crippen LogP contribution in [0.1, 0.15) is 56.1 Å². The summed E-state index contributed by atoms with van der Waals surface area (Å²) in [5.41, 5.74) is 7.25. The number of aromatic nitrogens is 6. The minimum atomic E-state index is -5.23. The number of esters is 1. The van der Waals surface area contributed by atoms with E-state index in [2.05, 4.69) is 31.9 Å². The molecule has 3 N–H and O–H groups in total. The minimum absolute atomic E-state index is 0.0511. The van der Waals surface area contributed by atoms with Crippen LogP contribution in [-0.2, 0) is 9.53 Å². The van der Waals surface area contributed by atoms with E-state index >= 15 is 0 Å². The van der Waals surface area contributed by atoms with Crippen molar-refractivity contribution in [3.05, 3.63) is 30.1 Å². The largest absolute Gasteiger partial charge is 0.490 e. The first-order chi connectivity index (χ1) is 16.6. The van der Waals surface area contributed by atoms with Crippen molar-refractivity contribution in [3.8, 4) is 11.8 Å². The van der Waals surface area contributed by atoms with Crippen LogP contribution < -0.4 is 5.73 Å². The van der Waals surface area contributed by atoms with Crippen molar-refractivity contribution in [1.82, 2.24) is 29.3 Å². The normalized spacial score (nSPS) is 22.2. The number of aliphatic hydroxyl groups is 1. The van der Waals surface area contributed by atoms with Gasteiger partial charge >= 0.3 is 12.1 Å². The maximum Gasteiger partial charge on any atom is 0.490 e. The lowest BCUT2D eigenvalue weighted by Gasteiger charge is -2.24. The highest BCUT2D eigenvalue weighted by Crippen LogP contribution is 2.42. The Morgan fingerprint density at radius 2 is 2.11 bits per heavy atom. The van der Waals surface area contributed by atoms with Crippen LogP contribution in [0.5, 0.6) is 0 Å². The molecule has 13 heteroatoms. The molecule has 1 aliphatic carbocycles. The van der Waals surface area contributed by atoms with Gasteiger partial charge in [0, 0.05) is 12.6 Å². The van der Waals surface area contributed by atoms with E-state index in [1.54, 1.807) is 19.3 Å². The number of hydrogen-bond donors (Lipinski definition) is 2. The summed E-state index contributed by atoms with van der Waals surface area (Å²) in [5, 5.41) is 15.1. The molecule has 4 atom stereocenters. The topological polar surface area (TPSA) is 134 Å². The van der Waals surface area contributed by atoms with Gasteiger partial charge in [-0.25, -0.2) is 19.7 Å². The number of rotatable bonds is 5. The molecular weight excluding hydrogens is 467 g/mol. The summed E-state index contributed by atoms with van der Waals surface area (Å²) in [4.78, 5) is 24.4. The zero-order chi connectivity index (χ0) is 25.3. The number of anilines is 1. The number of aryl methyl sites for hydroxylation is 1. The zero-order valence-electron chi connectivity index (χ0n) is 19.0. The molecular formula is C22H24F3N7O3. The average molecular weight is 491 g/mol. The van der Waals surface area contributed by atoms with Crippen LogP contribution in [0.25, 0.3) is 11.2 Å². The number of fused-ring (bicyclic) bond motifs is 1. The Morgan fingerprint density at radius 3 is 2.77 bits per heavy atom. The summed E-state index contributed by atoms with van der Waals surface area (Å²) in [6, 6.07) is -1.70. The molecule has 0 aliphatic heterocycles. The number of carbonyl (C=O) groups excluding carboxylic acids is 1. The maximum atomic E-state index is 13.0. The molecule has 4 rings (SSSR count). The highest BCUT2D eigenvalue weighted by atomic mass is 19.4. The van der Waals surface area contributed by atoms with Gasteiger partial charge in [0.2, 0.25) is 5.82 Å². The van der Waals surface area contributed by atoms with Gasteiger partial charge in [0.05, 0.1) is 24.6 Å². The van der Waals surface area contributed by atoms with Crippen molar-refractivity contribution < 1.29 is 27.8 Å².